The van der Waals surface area contributed by atoms with E-state index >= 15 is 0 Å². The van der Waals surface area contributed by atoms with E-state index in [0.29, 0.717) is 0 Å². The molecular formula is C38H40Cl3NO18. The van der Waals surface area contributed by atoms with E-state index in [0.717, 1.165) is 34.6 Å². The van der Waals surface area contributed by atoms with Gasteiger partial charge in [0.05, 0.1) is 11.1 Å². The standard InChI is InChI=1S/C38H40Cl3NO18/c1-18(43)50-16-25-27(52-20(3)45)29(53-21(4)46)31(54-22(5)47)35(55-25)59-28-26(17-51-19(2)44)56-36(60-37(42)38(39,40)41)32(58-34(49)24-14-10-7-11-15-24)30(28)57-33(48)23-12-8-6-9-13-23/h6-15,25-32,35-36,42H,16-17H2,1-5H3/t25-,26-,27+,28+,29+,30+,31-,32-,35-,36-/m1/s1. The summed E-state index contributed by atoms with van der Waals surface area (Å²) in [6, 6.07) is 14.9. The quantitative estimate of drug-likeness (QED) is 0.0936. The molecule has 2 aliphatic rings. The third-order valence-corrected chi connectivity index (χ3v) is 8.79. The molecule has 0 aliphatic carbocycles. The number of carbonyl (C=O) groups is 7. The van der Waals surface area contributed by atoms with Gasteiger partial charge >= 0.3 is 41.8 Å². The summed E-state index contributed by atoms with van der Waals surface area (Å²) in [7, 11) is 0. The summed E-state index contributed by atoms with van der Waals surface area (Å²) in [6.07, 6.45) is -17.9. The SMILES string of the molecule is CC(=O)OC[C@H]1O[C@H](O[C@@H]2[C@H](OC(=O)c3ccccc3)[C@@H](OC(=O)c3ccccc3)[C@@H](OC(=N)C(Cl)(Cl)Cl)O[C@@H]2COC(C)=O)[C@H](OC(C)=O)[C@@H](OC(C)=O)[C@H]1OC(C)=O. The first-order valence-corrected chi connectivity index (χ1v) is 19.0. The molecule has 0 bridgehead atoms. The molecule has 10 atom stereocenters. The monoisotopic (exact) mass is 903 g/mol. The van der Waals surface area contributed by atoms with Crippen molar-refractivity contribution in [2.75, 3.05) is 13.2 Å². The highest BCUT2D eigenvalue weighted by Gasteiger charge is 2.58. The molecule has 2 aromatic carbocycles. The first-order valence-electron chi connectivity index (χ1n) is 17.8. The Morgan fingerprint density at radius 1 is 0.517 bits per heavy atom. The van der Waals surface area contributed by atoms with Crippen LogP contribution < -0.4 is 0 Å². The Morgan fingerprint density at radius 3 is 1.35 bits per heavy atom. The smallest absolute Gasteiger partial charge is 0.338 e. The van der Waals surface area contributed by atoms with Gasteiger partial charge in [-0.2, -0.15) is 0 Å². The van der Waals surface area contributed by atoms with E-state index in [2.05, 4.69) is 0 Å². The average Bonchev–Trinajstić information content (AvgIpc) is 3.17. The molecule has 19 nitrogen and oxygen atoms in total. The zero-order chi connectivity index (χ0) is 44.3. The largest absolute Gasteiger partial charge is 0.463 e. The molecule has 4 rings (SSSR count). The van der Waals surface area contributed by atoms with E-state index < -0.39 is 126 Å². The van der Waals surface area contributed by atoms with Crippen molar-refractivity contribution in [3.63, 3.8) is 0 Å². The number of ether oxygens (including phenoxy) is 11. The number of esters is 7. The summed E-state index contributed by atoms with van der Waals surface area (Å²) in [4.78, 5) is 89.2. The lowest BCUT2D eigenvalue weighted by atomic mass is 9.95. The third-order valence-electron chi connectivity index (χ3n) is 8.28. The average molecular weight is 905 g/mol. The number of carbonyl (C=O) groups excluding carboxylic acids is 7. The van der Waals surface area contributed by atoms with Crippen molar-refractivity contribution in [3.05, 3.63) is 71.8 Å². The van der Waals surface area contributed by atoms with Crippen LogP contribution in [0.2, 0.25) is 0 Å². The highest BCUT2D eigenvalue weighted by atomic mass is 35.6. The van der Waals surface area contributed by atoms with Crippen molar-refractivity contribution in [2.45, 2.75) is 99.8 Å². The molecular weight excluding hydrogens is 865 g/mol. The molecule has 2 aliphatic heterocycles. The molecule has 1 N–H and O–H groups in total. The molecule has 60 heavy (non-hydrogen) atoms. The van der Waals surface area contributed by atoms with Gasteiger partial charge < -0.3 is 52.1 Å². The fourth-order valence-electron chi connectivity index (χ4n) is 5.90. The summed E-state index contributed by atoms with van der Waals surface area (Å²) in [5.41, 5.74) is -0.0360. The van der Waals surface area contributed by atoms with E-state index in [-0.39, 0.29) is 11.1 Å². The van der Waals surface area contributed by atoms with E-state index in [4.69, 9.17) is 92.3 Å². The maximum Gasteiger partial charge on any atom is 0.338 e. The van der Waals surface area contributed by atoms with E-state index in [1.54, 1.807) is 12.1 Å². The van der Waals surface area contributed by atoms with Crippen LogP contribution in [0.5, 0.6) is 0 Å². The second-order valence-corrected chi connectivity index (χ2v) is 15.2. The second kappa shape index (κ2) is 21.5. The molecule has 2 saturated heterocycles. The topological polar surface area (TPSA) is 245 Å². The lowest BCUT2D eigenvalue weighted by Gasteiger charge is -2.48. The molecule has 0 saturated carbocycles. The van der Waals surface area contributed by atoms with Crippen molar-refractivity contribution < 1.29 is 85.7 Å². The summed E-state index contributed by atoms with van der Waals surface area (Å²) < 4.78 is 60.6. The van der Waals surface area contributed by atoms with Gasteiger partial charge in [-0.3, -0.25) is 29.4 Å². The highest BCUT2D eigenvalue weighted by molar-refractivity contribution is 6.76. The number of alkyl halides is 3. The molecule has 326 valence electrons. The summed E-state index contributed by atoms with van der Waals surface area (Å²) in [6.45, 7) is 3.78. The normalized spacial score (nSPS) is 26.3. The van der Waals surface area contributed by atoms with Crippen LogP contribution in [0.25, 0.3) is 0 Å². The number of halogens is 3. The molecule has 2 heterocycles. The van der Waals surface area contributed by atoms with Gasteiger partial charge in [0.1, 0.15) is 31.5 Å². The fraction of sp³-hybridized carbons (Fsp3) is 0.474. The molecule has 0 spiro atoms. The molecule has 2 aromatic rings. The van der Waals surface area contributed by atoms with Gasteiger partial charge in [-0.05, 0) is 24.3 Å². The molecule has 2 fully saturated rings. The van der Waals surface area contributed by atoms with Crippen molar-refractivity contribution >= 4 is 82.5 Å². The van der Waals surface area contributed by atoms with Gasteiger partial charge in [0.2, 0.25) is 18.3 Å². The summed E-state index contributed by atoms with van der Waals surface area (Å²) >= 11 is 17.8. The van der Waals surface area contributed by atoms with Crippen LogP contribution >= 0.6 is 34.8 Å². The van der Waals surface area contributed by atoms with Crippen LogP contribution in [0, 0.1) is 5.41 Å². The van der Waals surface area contributed by atoms with Gasteiger partial charge in [-0.15, -0.1) is 0 Å². The van der Waals surface area contributed by atoms with Gasteiger partial charge in [0, 0.05) is 34.6 Å². The maximum atomic E-state index is 13.9. The molecule has 0 unspecified atom stereocenters. The van der Waals surface area contributed by atoms with E-state index in [1.807, 2.05) is 0 Å². The van der Waals surface area contributed by atoms with Crippen molar-refractivity contribution in [2.24, 2.45) is 0 Å². The number of benzene rings is 2. The number of hydrogen-bond donors (Lipinski definition) is 1. The zero-order valence-corrected chi connectivity index (χ0v) is 34.7. The third kappa shape index (κ3) is 13.5. The molecule has 0 aromatic heterocycles. The minimum Gasteiger partial charge on any atom is -0.463 e. The molecule has 22 heteroatoms. The Bertz CT molecular complexity index is 1880. The van der Waals surface area contributed by atoms with Gasteiger partial charge in [0.25, 0.3) is 3.79 Å². The van der Waals surface area contributed by atoms with Crippen LogP contribution in [0.3, 0.4) is 0 Å². The Hall–Kier alpha value is -5.05. The highest BCUT2D eigenvalue weighted by Crippen LogP contribution is 2.37. The Labute approximate surface area is 357 Å². The first-order chi connectivity index (χ1) is 28.2. The predicted molar refractivity (Wildman–Crippen MR) is 203 cm³/mol. The van der Waals surface area contributed by atoms with E-state index in [1.165, 1.54) is 48.5 Å². The second-order valence-electron chi connectivity index (χ2n) is 12.9. The fourth-order valence-corrected chi connectivity index (χ4v) is 6.03. The van der Waals surface area contributed by atoms with Crippen LogP contribution in [0.1, 0.15) is 55.3 Å². The first kappa shape index (κ1) is 47.6. The summed E-state index contributed by atoms with van der Waals surface area (Å²) in [5, 5.41) is 8.33. The predicted octanol–water partition coefficient (Wildman–Crippen LogP) is 3.56. The molecule has 0 amide bonds. The zero-order valence-electron chi connectivity index (χ0n) is 32.4. The number of rotatable bonds is 14. The van der Waals surface area contributed by atoms with Crippen molar-refractivity contribution in [1.82, 2.24) is 0 Å². The summed E-state index contributed by atoms with van der Waals surface area (Å²) in [5.74, 6) is -7.60. The van der Waals surface area contributed by atoms with Gasteiger partial charge in [-0.1, -0.05) is 71.2 Å². The van der Waals surface area contributed by atoms with E-state index in [9.17, 15) is 33.6 Å². The Balaban J connectivity index is 1.93. The van der Waals surface area contributed by atoms with Crippen molar-refractivity contribution in [1.29, 1.82) is 5.41 Å². The number of nitrogens with one attached hydrogen (secondary N) is 1. The number of hydrogen-bond acceptors (Lipinski definition) is 19. The van der Waals surface area contributed by atoms with Crippen LogP contribution in [0.15, 0.2) is 60.7 Å². The van der Waals surface area contributed by atoms with Gasteiger partial charge in [-0.25, -0.2) is 9.59 Å². The lowest BCUT2D eigenvalue weighted by Crippen LogP contribution is -2.67. The Kier molecular flexibility index (Phi) is 17.0. The molecule has 0 radical (unpaired) electrons. The lowest BCUT2D eigenvalue weighted by molar-refractivity contribution is -0.354. The van der Waals surface area contributed by atoms with Crippen LogP contribution in [0.4, 0.5) is 0 Å². The van der Waals surface area contributed by atoms with Crippen molar-refractivity contribution in [3.8, 4) is 0 Å². The maximum absolute atomic E-state index is 13.9. The Morgan fingerprint density at radius 2 is 0.900 bits per heavy atom. The van der Waals surface area contributed by atoms with Gasteiger partial charge in [0.15, 0.2) is 30.7 Å². The minimum atomic E-state index is -2.51. The van der Waals surface area contributed by atoms with Crippen LogP contribution in [-0.2, 0) is 76.1 Å². The minimum absolute atomic E-state index is 0.0140. The van der Waals surface area contributed by atoms with Crippen LogP contribution in [-0.4, -0.2) is 126 Å².